The van der Waals surface area contributed by atoms with Crippen LogP contribution in [0.25, 0.3) is 0 Å². The molecular weight excluding hydrogens is 268 g/mol. The Morgan fingerprint density at radius 3 is 2.37 bits per heavy atom. The maximum absolute atomic E-state index is 11.7. The molecule has 0 amide bonds. The van der Waals surface area contributed by atoms with E-state index in [9.17, 15) is 9.90 Å². The predicted molar refractivity (Wildman–Crippen MR) is 72.3 cm³/mol. The van der Waals surface area contributed by atoms with Crippen LogP contribution >= 0.6 is 11.6 Å². The normalized spacial score (nSPS) is 17.2. The Bertz CT molecular complexity index is 492. The molecule has 1 aliphatic carbocycles. The molecule has 0 heterocycles. The number of methoxy groups -OCH3 is 2. The first-order valence-corrected chi connectivity index (χ1v) is 6.59. The summed E-state index contributed by atoms with van der Waals surface area (Å²) in [6.07, 6.45) is 3.02. The Morgan fingerprint density at radius 2 is 1.89 bits per heavy atom. The molecule has 0 unspecified atom stereocenters. The highest BCUT2D eigenvalue weighted by atomic mass is 35.5. The van der Waals surface area contributed by atoms with E-state index in [0.717, 1.165) is 12.8 Å². The van der Waals surface area contributed by atoms with Gasteiger partial charge in [0.2, 0.25) is 0 Å². The van der Waals surface area contributed by atoms with E-state index in [1.54, 1.807) is 12.1 Å². The van der Waals surface area contributed by atoms with E-state index < -0.39 is 11.4 Å². The van der Waals surface area contributed by atoms with Crippen LogP contribution in [0.2, 0.25) is 5.02 Å². The van der Waals surface area contributed by atoms with E-state index in [4.69, 9.17) is 21.1 Å². The van der Waals surface area contributed by atoms with E-state index >= 15 is 0 Å². The zero-order chi connectivity index (χ0) is 14.0. The Hall–Kier alpha value is -1.42. The zero-order valence-electron chi connectivity index (χ0n) is 11.0. The van der Waals surface area contributed by atoms with Gasteiger partial charge in [0, 0.05) is 0 Å². The van der Waals surface area contributed by atoms with Gasteiger partial charge in [0.15, 0.2) is 11.5 Å². The summed E-state index contributed by atoms with van der Waals surface area (Å²) < 4.78 is 10.4. The number of aliphatic carboxylic acids is 1. The summed E-state index contributed by atoms with van der Waals surface area (Å²) in [5.41, 5.74) is -0.270. The molecule has 1 aromatic carbocycles. The molecule has 0 atom stereocenters. The van der Waals surface area contributed by atoms with E-state index in [0.29, 0.717) is 34.9 Å². The Balaban J connectivity index is 2.59. The van der Waals surface area contributed by atoms with Crippen LogP contribution in [-0.4, -0.2) is 25.3 Å². The molecule has 0 aliphatic heterocycles. The second-order valence-corrected chi connectivity index (χ2v) is 5.13. The molecule has 19 heavy (non-hydrogen) atoms. The fourth-order valence-corrected chi connectivity index (χ4v) is 3.25. The third-order valence-corrected chi connectivity index (χ3v) is 4.24. The van der Waals surface area contributed by atoms with Gasteiger partial charge in [-0.15, -0.1) is 0 Å². The van der Waals surface area contributed by atoms with Crippen molar-refractivity contribution in [2.24, 2.45) is 0 Å². The Labute approximate surface area is 117 Å². The summed E-state index contributed by atoms with van der Waals surface area (Å²) in [5.74, 6) is 0.0862. The number of benzene rings is 1. The molecule has 0 spiro atoms. The number of hydrogen-bond acceptors (Lipinski definition) is 3. The molecular formula is C14H17ClO4. The Kier molecular flexibility index (Phi) is 3.90. The molecule has 1 aromatic rings. The van der Waals surface area contributed by atoms with Gasteiger partial charge in [0.1, 0.15) is 0 Å². The van der Waals surface area contributed by atoms with Crippen molar-refractivity contribution in [1.82, 2.24) is 0 Å². The molecule has 0 radical (unpaired) electrons. The van der Waals surface area contributed by atoms with Crippen LogP contribution in [0.3, 0.4) is 0 Å². The van der Waals surface area contributed by atoms with Crippen molar-refractivity contribution in [1.29, 1.82) is 0 Å². The van der Waals surface area contributed by atoms with Gasteiger partial charge in [0.05, 0.1) is 24.7 Å². The van der Waals surface area contributed by atoms with Crippen molar-refractivity contribution in [3.63, 3.8) is 0 Å². The number of carbonyl (C=O) groups is 1. The van der Waals surface area contributed by atoms with E-state index in [2.05, 4.69) is 0 Å². The molecule has 4 nitrogen and oxygen atoms in total. The van der Waals surface area contributed by atoms with E-state index in [1.165, 1.54) is 14.2 Å². The number of carboxylic acid groups (broad SMARTS) is 1. The number of rotatable bonds is 4. The maximum Gasteiger partial charge on any atom is 0.314 e. The third-order valence-electron chi connectivity index (χ3n) is 3.87. The standard InChI is InChI=1S/C14H17ClO4/c1-18-10-6-5-9(11(15)12(10)19-2)14(13(16)17)7-3-4-8-14/h5-6H,3-4,7-8H2,1-2H3,(H,16,17). The molecule has 1 N–H and O–H groups in total. The highest BCUT2D eigenvalue weighted by Gasteiger charge is 2.45. The summed E-state index contributed by atoms with van der Waals surface area (Å²) in [4.78, 5) is 11.7. The van der Waals surface area contributed by atoms with Gasteiger partial charge in [-0.2, -0.15) is 0 Å². The van der Waals surface area contributed by atoms with Crippen molar-refractivity contribution >= 4 is 17.6 Å². The van der Waals surface area contributed by atoms with Crippen molar-refractivity contribution in [3.05, 3.63) is 22.7 Å². The first-order valence-electron chi connectivity index (χ1n) is 6.21. The van der Waals surface area contributed by atoms with Crippen LogP contribution < -0.4 is 9.47 Å². The zero-order valence-corrected chi connectivity index (χ0v) is 11.8. The lowest BCUT2D eigenvalue weighted by molar-refractivity contribution is -0.143. The first kappa shape index (κ1) is 14.0. The van der Waals surface area contributed by atoms with Crippen molar-refractivity contribution in [2.75, 3.05) is 14.2 Å². The van der Waals surface area contributed by atoms with Gasteiger partial charge < -0.3 is 14.6 Å². The lowest BCUT2D eigenvalue weighted by Gasteiger charge is -2.26. The van der Waals surface area contributed by atoms with Crippen LogP contribution in [-0.2, 0) is 10.2 Å². The minimum Gasteiger partial charge on any atom is -0.493 e. The third kappa shape index (κ3) is 2.14. The summed E-state index contributed by atoms with van der Waals surface area (Å²) in [6, 6.07) is 3.45. The lowest BCUT2D eigenvalue weighted by atomic mass is 9.79. The predicted octanol–water partition coefficient (Wildman–Crippen LogP) is 3.25. The van der Waals surface area contributed by atoms with Crippen LogP contribution in [0.5, 0.6) is 11.5 Å². The number of ether oxygens (including phenoxy) is 2. The van der Waals surface area contributed by atoms with Gasteiger partial charge in [0.25, 0.3) is 0 Å². The number of halogens is 1. The minimum atomic E-state index is -0.892. The molecule has 1 fully saturated rings. The van der Waals surface area contributed by atoms with Gasteiger partial charge in [-0.3, -0.25) is 4.79 Å². The topological polar surface area (TPSA) is 55.8 Å². The Morgan fingerprint density at radius 1 is 1.26 bits per heavy atom. The molecule has 0 saturated heterocycles. The number of carboxylic acids is 1. The molecule has 2 rings (SSSR count). The van der Waals surface area contributed by atoms with Crippen LogP contribution in [0.4, 0.5) is 0 Å². The SMILES string of the molecule is COc1ccc(C2(C(=O)O)CCCC2)c(Cl)c1OC. The monoisotopic (exact) mass is 284 g/mol. The van der Waals surface area contributed by atoms with E-state index in [-0.39, 0.29) is 0 Å². The summed E-state index contributed by atoms with van der Waals surface area (Å²) in [7, 11) is 3.02. The molecule has 5 heteroatoms. The highest BCUT2D eigenvalue weighted by molar-refractivity contribution is 6.33. The quantitative estimate of drug-likeness (QED) is 0.922. The molecule has 1 aliphatic rings. The second kappa shape index (κ2) is 5.29. The highest BCUT2D eigenvalue weighted by Crippen LogP contribution is 2.48. The van der Waals surface area contributed by atoms with Gasteiger partial charge in [-0.05, 0) is 24.5 Å². The summed E-state index contributed by atoms with van der Waals surface area (Å²) in [5, 5.41) is 9.94. The maximum atomic E-state index is 11.7. The minimum absolute atomic E-state index is 0.339. The van der Waals surface area contributed by atoms with Crippen LogP contribution in [0.1, 0.15) is 31.2 Å². The molecule has 0 bridgehead atoms. The molecule has 0 aromatic heterocycles. The van der Waals surface area contributed by atoms with Gasteiger partial charge in [-0.25, -0.2) is 0 Å². The van der Waals surface area contributed by atoms with Crippen molar-refractivity contribution in [2.45, 2.75) is 31.1 Å². The van der Waals surface area contributed by atoms with Crippen LogP contribution in [0, 0.1) is 0 Å². The second-order valence-electron chi connectivity index (χ2n) is 4.76. The summed E-state index contributed by atoms with van der Waals surface area (Å²) in [6.45, 7) is 0. The first-order chi connectivity index (χ1) is 9.06. The van der Waals surface area contributed by atoms with Gasteiger partial charge in [-0.1, -0.05) is 30.5 Å². The van der Waals surface area contributed by atoms with Crippen molar-refractivity contribution in [3.8, 4) is 11.5 Å². The largest absolute Gasteiger partial charge is 0.493 e. The molecule has 1 saturated carbocycles. The van der Waals surface area contributed by atoms with Crippen LogP contribution in [0.15, 0.2) is 12.1 Å². The molecule has 104 valence electrons. The average molecular weight is 285 g/mol. The fraction of sp³-hybridized carbons (Fsp3) is 0.500. The fourth-order valence-electron chi connectivity index (χ4n) is 2.84. The average Bonchev–Trinajstić information content (AvgIpc) is 2.88. The summed E-state index contributed by atoms with van der Waals surface area (Å²) >= 11 is 6.34. The smallest absolute Gasteiger partial charge is 0.314 e. The number of hydrogen-bond donors (Lipinski definition) is 1. The van der Waals surface area contributed by atoms with Gasteiger partial charge >= 0.3 is 5.97 Å². The lowest BCUT2D eigenvalue weighted by Crippen LogP contribution is -2.33. The van der Waals surface area contributed by atoms with Crippen molar-refractivity contribution < 1.29 is 19.4 Å². The van der Waals surface area contributed by atoms with E-state index in [1.807, 2.05) is 0 Å².